The molecule has 0 saturated heterocycles. The molecule has 4 nitrogen and oxygen atoms in total. The number of nitrogens with zero attached hydrogens (tertiary/aromatic N) is 1. The molecule has 1 heterocycles. The van der Waals surface area contributed by atoms with Crippen molar-refractivity contribution >= 4 is 22.4 Å². The standard InChI is InChI=1S/C23H24N2O2/c1-3-4-5-8-14-24-21-20-15-10-6-7-11-16(15)22(26)17-12-9-13-18(19(17)20)25(2)23(21)27/h6-7,9-13,24H,3-5,8,14H2,1-2H3. The van der Waals surface area contributed by atoms with Crippen LogP contribution in [-0.4, -0.2) is 16.9 Å². The lowest BCUT2D eigenvalue weighted by Gasteiger charge is -2.24. The van der Waals surface area contributed by atoms with Crippen molar-refractivity contribution in [2.45, 2.75) is 32.6 Å². The average Bonchev–Trinajstić information content (AvgIpc) is 2.70. The number of rotatable bonds is 6. The summed E-state index contributed by atoms with van der Waals surface area (Å²) >= 11 is 0. The van der Waals surface area contributed by atoms with Crippen molar-refractivity contribution in [2.24, 2.45) is 7.05 Å². The summed E-state index contributed by atoms with van der Waals surface area (Å²) in [5.41, 5.74) is 4.41. The van der Waals surface area contributed by atoms with Gasteiger partial charge in [-0.05, 0) is 18.1 Å². The Morgan fingerprint density at radius 2 is 1.63 bits per heavy atom. The zero-order chi connectivity index (χ0) is 19.0. The fourth-order valence-electron chi connectivity index (χ4n) is 4.02. The van der Waals surface area contributed by atoms with Gasteiger partial charge in [0, 0.05) is 35.7 Å². The second kappa shape index (κ2) is 7.03. The maximum atomic E-state index is 13.1. The molecular weight excluding hydrogens is 336 g/mol. The molecule has 0 aliphatic heterocycles. The fourth-order valence-corrected chi connectivity index (χ4v) is 4.02. The number of carbonyl (C=O) groups excluding carboxylic acids is 1. The molecule has 0 radical (unpaired) electrons. The summed E-state index contributed by atoms with van der Waals surface area (Å²) in [5, 5.41) is 4.27. The molecule has 1 N–H and O–H groups in total. The van der Waals surface area contributed by atoms with Crippen LogP contribution in [0.2, 0.25) is 0 Å². The maximum absolute atomic E-state index is 13.1. The third-order valence-electron chi connectivity index (χ3n) is 5.44. The molecule has 0 atom stereocenters. The topological polar surface area (TPSA) is 51.1 Å². The summed E-state index contributed by atoms with van der Waals surface area (Å²) in [6.45, 7) is 2.94. The van der Waals surface area contributed by atoms with Crippen LogP contribution in [0.5, 0.6) is 0 Å². The zero-order valence-corrected chi connectivity index (χ0v) is 15.8. The summed E-state index contributed by atoms with van der Waals surface area (Å²) in [4.78, 5) is 26.2. The number of benzene rings is 2. The lowest BCUT2D eigenvalue weighted by atomic mass is 9.83. The van der Waals surface area contributed by atoms with Crippen LogP contribution in [0, 0.1) is 0 Å². The van der Waals surface area contributed by atoms with Gasteiger partial charge in [-0.2, -0.15) is 0 Å². The number of hydrogen-bond acceptors (Lipinski definition) is 3. The van der Waals surface area contributed by atoms with E-state index in [1.165, 1.54) is 12.8 Å². The van der Waals surface area contributed by atoms with Crippen molar-refractivity contribution in [1.29, 1.82) is 0 Å². The highest BCUT2D eigenvalue weighted by Crippen LogP contribution is 2.41. The van der Waals surface area contributed by atoms with E-state index in [0.717, 1.165) is 41.4 Å². The quantitative estimate of drug-likeness (QED) is 0.505. The van der Waals surface area contributed by atoms with E-state index in [9.17, 15) is 9.59 Å². The number of anilines is 1. The van der Waals surface area contributed by atoms with Gasteiger partial charge in [0.05, 0.1) is 5.52 Å². The van der Waals surface area contributed by atoms with E-state index in [1.807, 2.05) is 42.5 Å². The molecule has 0 unspecified atom stereocenters. The van der Waals surface area contributed by atoms with E-state index in [0.29, 0.717) is 16.8 Å². The van der Waals surface area contributed by atoms with Gasteiger partial charge in [-0.25, -0.2) is 0 Å². The second-order valence-electron chi connectivity index (χ2n) is 7.18. The van der Waals surface area contributed by atoms with E-state index in [-0.39, 0.29) is 11.3 Å². The molecule has 1 aliphatic rings. The van der Waals surface area contributed by atoms with Crippen molar-refractivity contribution in [3.8, 4) is 11.1 Å². The highest BCUT2D eigenvalue weighted by Gasteiger charge is 2.29. The van der Waals surface area contributed by atoms with Gasteiger partial charge in [0.2, 0.25) is 0 Å². The average molecular weight is 360 g/mol. The first-order valence-electron chi connectivity index (χ1n) is 9.68. The van der Waals surface area contributed by atoms with Crippen molar-refractivity contribution in [1.82, 2.24) is 4.57 Å². The first-order chi connectivity index (χ1) is 13.1. The van der Waals surface area contributed by atoms with Crippen molar-refractivity contribution < 1.29 is 4.79 Å². The Morgan fingerprint density at radius 3 is 2.41 bits per heavy atom. The monoisotopic (exact) mass is 360 g/mol. The molecule has 138 valence electrons. The number of aromatic nitrogens is 1. The molecule has 0 spiro atoms. The van der Waals surface area contributed by atoms with Crippen molar-refractivity contribution in [2.75, 3.05) is 11.9 Å². The minimum atomic E-state index is -0.0470. The minimum absolute atomic E-state index is 0.0243. The van der Waals surface area contributed by atoms with Gasteiger partial charge in [-0.1, -0.05) is 62.6 Å². The van der Waals surface area contributed by atoms with Gasteiger partial charge in [0.1, 0.15) is 5.69 Å². The van der Waals surface area contributed by atoms with Crippen LogP contribution in [0.3, 0.4) is 0 Å². The molecule has 3 aromatic rings. The minimum Gasteiger partial charge on any atom is -0.380 e. The van der Waals surface area contributed by atoms with Crippen molar-refractivity contribution in [3.63, 3.8) is 0 Å². The van der Waals surface area contributed by atoms with Gasteiger partial charge >= 0.3 is 0 Å². The molecule has 0 fully saturated rings. The largest absolute Gasteiger partial charge is 0.380 e. The normalized spacial score (nSPS) is 12.3. The summed E-state index contributed by atoms with van der Waals surface area (Å²) < 4.78 is 1.65. The number of unbranched alkanes of at least 4 members (excludes halogenated alkanes) is 3. The molecule has 2 aromatic carbocycles. The molecule has 1 aromatic heterocycles. The molecule has 4 rings (SSSR count). The predicted octanol–water partition coefficient (Wildman–Crippen LogP) is 4.74. The molecule has 1 aliphatic carbocycles. The summed E-state index contributed by atoms with van der Waals surface area (Å²) in [7, 11) is 1.78. The van der Waals surface area contributed by atoms with Gasteiger partial charge in [0.15, 0.2) is 5.78 Å². The number of aryl methyl sites for hydroxylation is 1. The second-order valence-corrected chi connectivity index (χ2v) is 7.18. The summed E-state index contributed by atoms with van der Waals surface area (Å²) in [6.07, 6.45) is 4.55. The van der Waals surface area contributed by atoms with Crippen LogP contribution >= 0.6 is 0 Å². The van der Waals surface area contributed by atoms with Gasteiger partial charge in [-0.15, -0.1) is 0 Å². The molecule has 0 amide bonds. The molecule has 0 saturated carbocycles. The smallest absolute Gasteiger partial charge is 0.274 e. The third-order valence-corrected chi connectivity index (χ3v) is 5.44. The highest BCUT2D eigenvalue weighted by atomic mass is 16.1. The molecular formula is C23H24N2O2. The van der Waals surface area contributed by atoms with Crippen LogP contribution in [-0.2, 0) is 7.05 Å². The number of pyridine rings is 1. The number of ketones is 1. The highest BCUT2D eigenvalue weighted by molar-refractivity contribution is 6.26. The number of nitrogens with one attached hydrogen (secondary N) is 1. The Balaban J connectivity index is 1.94. The number of hydrogen-bond donors (Lipinski definition) is 1. The molecule has 27 heavy (non-hydrogen) atoms. The molecule has 4 heteroatoms. The Hall–Kier alpha value is -2.88. The lowest BCUT2D eigenvalue weighted by molar-refractivity contribution is 0.104. The Labute approximate surface area is 158 Å². The van der Waals surface area contributed by atoms with Crippen LogP contribution in [0.25, 0.3) is 22.0 Å². The van der Waals surface area contributed by atoms with Gasteiger partial charge < -0.3 is 9.88 Å². The van der Waals surface area contributed by atoms with Crippen LogP contribution < -0.4 is 10.9 Å². The predicted molar refractivity (Wildman–Crippen MR) is 111 cm³/mol. The summed E-state index contributed by atoms with van der Waals surface area (Å²) in [5.74, 6) is 0.0243. The zero-order valence-electron chi connectivity index (χ0n) is 15.8. The van der Waals surface area contributed by atoms with Crippen LogP contribution in [0.4, 0.5) is 5.69 Å². The van der Waals surface area contributed by atoms with E-state index < -0.39 is 0 Å². The van der Waals surface area contributed by atoms with E-state index in [4.69, 9.17) is 0 Å². The van der Waals surface area contributed by atoms with Crippen LogP contribution in [0.1, 0.15) is 48.5 Å². The number of carbonyl (C=O) groups is 1. The Morgan fingerprint density at radius 1 is 0.889 bits per heavy atom. The number of fused-ring (bicyclic) bond motifs is 2. The fraction of sp³-hybridized carbons (Fsp3) is 0.304. The van der Waals surface area contributed by atoms with Crippen molar-refractivity contribution in [3.05, 3.63) is 63.9 Å². The van der Waals surface area contributed by atoms with Gasteiger partial charge in [0.25, 0.3) is 5.56 Å². The molecule has 0 bridgehead atoms. The third kappa shape index (κ3) is 2.76. The first-order valence-corrected chi connectivity index (χ1v) is 9.68. The maximum Gasteiger partial charge on any atom is 0.274 e. The Bertz CT molecular complexity index is 1100. The van der Waals surface area contributed by atoms with E-state index >= 15 is 0 Å². The first kappa shape index (κ1) is 17.5. The lowest BCUT2D eigenvalue weighted by Crippen LogP contribution is -2.25. The Kier molecular flexibility index (Phi) is 4.56. The van der Waals surface area contributed by atoms with E-state index in [1.54, 1.807) is 11.6 Å². The van der Waals surface area contributed by atoms with Crippen LogP contribution in [0.15, 0.2) is 47.3 Å². The van der Waals surface area contributed by atoms with E-state index in [2.05, 4.69) is 12.2 Å². The summed E-state index contributed by atoms with van der Waals surface area (Å²) in [6, 6.07) is 13.2. The SMILES string of the molecule is CCCCCCNc1c2c3c(cccc3n(C)c1=O)C(=O)c1ccccc1-2. The van der Waals surface area contributed by atoms with Gasteiger partial charge in [-0.3, -0.25) is 9.59 Å².